The van der Waals surface area contributed by atoms with Gasteiger partial charge in [-0.2, -0.15) is 0 Å². The van der Waals surface area contributed by atoms with E-state index in [9.17, 15) is 14.3 Å². The van der Waals surface area contributed by atoms with E-state index < -0.39 is 0 Å². The van der Waals surface area contributed by atoms with E-state index >= 15 is 0 Å². The summed E-state index contributed by atoms with van der Waals surface area (Å²) in [5, 5.41) is 10.3. The number of hydrogen-bond donors (Lipinski definition) is 1. The van der Waals surface area contributed by atoms with Crippen molar-refractivity contribution in [1.29, 1.82) is 0 Å². The summed E-state index contributed by atoms with van der Waals surface area (Å²) in [7, 11) is 0. The molecule has 5 nitrogen and oxygen atoms in total. The Labute approximate surface area is 231 Å². The molecule has 6 heteroatoms. The van der Waals surface area contributed by atoms with Gasteiger partial charge >= 0.3 is 0 Å². The lowest BCUT2D eigenvalue weighted by atomic mass is 9.92. The van der Waals surface area contributed by atoms with E-state index in [0.29, 0.717) is 12.5 Å². The number of phenolic OH excluding ortho intramolecular Hbond substituents is 1. The molecule has 0 spiro atoms. The lowest BCUT2D eigenvalue weighted by molar-refractivity contribution is 0.0194. The number of likely N-dealkylation sites (tertiary alicyclic amines) is 1. The van der Waals surface area contributed by atoms with E-state index in [1.165, 1.54) is 12.5 Å². The fourth-order valence-corrected chi connectivity index (χ4v) is 6.31. The molecule has 1 amide bonds. The number of phenols is 1. The van der Waals surface area contributed by atoms with Crippen LogP contribution in [0.25, 0.3) is 0 Å². The van der Waals surface area contributed by atoms with Gasteiger partial charge in [0.25, 0.3) is 5.91 Å². The summed E-state index contributed by atoms with van der Waals surface area (Å²) < 4.78 is 13.8. The molecule has 1 N–H and O–H groups in total. The number of aromatic hydroxyl groups is 1. The van der Waals surface area contributed by atoms with Crippen molar-refractivity contribution in [2.45, 2.75) is 58.3 Å². The van der Waals surface area contributed by atoms with Crippen molar-refractivity contribution in [2.24, 2.45) is 5.92 Å². The van der Waals surface area contributed by atoms with E-state index in [-0.39, 0.29) is 35.6 Å². The van der Waals surface area contributed by atoms with E-state index in [0.717, 1.165) is 54.9 Å². The van der Waals surface area contributed by atoms with E-state index in [1.54, 1.807) is 18.2 Å². The predicted molar refractivity (Wildman–Crippen MR) is 153 cm³/mol. The zero-order valence-electron chi connectivity index (χ0n) is 23.3. The minimum absolute atomic E-state index is 0.0648. The first kappa shape index (κ1) is 27.4. The zero-order chi connectivity index (χ0) is 27.5. The predicted octanol–water partition coefficient (Wildman–Crippen LogP) is 6.09. The topological polar surface area (TPSA) is 47.0 Å². The van der Waals surface area contributed by atoms with Crippen molar-refractivity contribution in [2.75, 3.05) is 26.2 Å². The largest absolute Gasteiger partial charge is 0.508 e. The lowest BCUT2D eigenvalue weighted by Gasteiger charge is -2.47. The molecule has 0 aliphatic carbocycles. The number of amides is 1. The molecule has 0 saturated carbocycles. The maximum absolute atomic E-state index is 13.8. The highest BCUT2D eigenvalue weighted by molar-refractivity contribution is 5.94. The third-order valence-electron chi connectivity index (χ3n) is 8.37. The molecular formula is C33H40FN3O2. The quantitative estimate of drug-likeness (QED) is 0.420. The molecule has 39 heavy (non-hydrogen) atoms. The average molecular weight is 530 g/mol. The summed E-state index contributed by atoms with van der Waals surface area (Å²) in [5.74, 6) is 0.691. The van der Waals surface area contributed by atoms with Crippen LogP contribution in [0.3, 0.4) is 0 Å². The van der Waals surface area contributed by atoms with E-state index in [2.05, 4.69) is 48.8 Å². The molecule has 4 atom stereocenters. The van der Waals surface area contributed by atoms with Crippen molar-refractivity contribution in [3.8, 4) is 5.75 Å². The van der Waals surface area contributed by atoms with Crippen LogP contribution in [-0.2, 0) is 6.54 Å². The first-order valence-corrected chi connectivity index (χ1v) is 14.2. The van der Waals surface area contributed by atoms with Crippen molar-refractivity contribution >= 4 is 5.91 Å². The van der Waals surface area contributed by atoms with Crippen LogP contribution in [0.15, 0.2) is 72.8 Å². The summed E-state index contributed by atoms with van der Waals surface area (Å²) in [5.41, 5.74) is 3.83. The molecule has 2 fully saturated rings. The number of benzene rings is 3. The van der Waals surface area contributed by atoms with Gasteiger partial charge in [0.05, 0.1) is 6.04 Å². The van der Waals surface area contributed by atoms with Crippen LogP contribution >= 0.6 is 0 Å². The first-order chi connectivity index (χ1) is 18.8. The Kier molecular flexibility index (Phi) is 8.34. The van der Waals surface area contributed by atoms with Gasteiger partial charge in [0.2, 0.25) is 0 Å². The highest BCUT2D eigenvalue weighted by Gasteiger charge is 2.35. The highest BCUT2D eigenvalue weighted by Crippen LogP contribution is 2.35. The van der Waals surface area contributed by atoms with E-state index in [4.69, 9.17) is 0 Å². The summed E-state index contributed by atoms with van der Waals surface area (Å²) in [6, 6.07) is 22.8. The molecule has 2 aliphatic rings. The SMILES string of the molecule is CC1CCCN(C(=O)c2ccc(C(c3cccc(O)c3)N3C[C@@H](C)N(Cc4cccc(F)c4)C[C@@H]3C)cc2)C1. The maximum Gasteiger partial charge on any atom is 0.253 e. The number of piperidine rings is 1. The Morgan fingerprint density at radius 1 is 0.923 bits per heavy atom. The van der Waals surface area contributed by atoms with Gasteiger partial charge in [-0.25, -0.2) is 4.39 Å². The van der Waals surface area contributed by atoms with Crippen molar-refractivity contribution in [3.63, 3.8) is 0 Å². The summed E-state index contributed by atoms with van der Waals surface area (Å²) in [4.78, 5) is 20.1. The van der Waals surface area contributed by atoms with Gasteiger partial charge in [-0.3, -0.25) is 14.6 Å². The zero-order valence-corrected chi connectivity index (χ0v) is 23.3. The molecule has 2 heterocycles. The molecule has 3 aromatic carbocycles. The van der Waals surface area contributed by atoms with Gasteiger partial charge in [0.15, 0.2) is 0 Å². The third kappa shape index (κ3) is 6.34. The van der Waals surface area contributed by atoms with Crippen molar-refractivity contribution in [3.05, 3.63) is 101 Å². The maximum atomic E-state index is 13.8. The van der Waals surface area contributed by atoms with Crippen LogP contribution in [0.4, 0.5) is 4.39 Å². The number of piperazine rings is 1. The van der Waals surface area contributed by atoms with Crippen LogP contribution in [0.1, 0.15) is 66.7 Å². The molecule has 2 unspecified atom stereocenters. The molecule has 0 aromatic heterocycles. The number of hydrogen-bond acceptors (Lipinski definition) is 4. The number of carbonyl (C=O) groups is 1. The van der Waals surface area contributed by atoms with Crippen LogP contribution in [-0.4, -0.2) is 64.0 Å². The monoisotopic (exact) mass is 529 g/mol. The van der Waals surface area contributed by atoms with Gasteiger partial charge in [0, 0.05) is 50.4 Å². The fraction of sp³-hybridized carbons (Fsp3) is 0.424. The molecule has 0 bridgehead atoms. The smallest absolute Gasteiger partial charge is 0.253 e. The average Bonchev–Trinajstić information content (AvgIpc) is 2.91. The lowest BCUT2D eigenvalue weighted by Crippen LogP contribution is -2.56. The van der Waals surface area contributed by atoms with Crippen LogP contribution in [0, 0.1) is 11.7 Å². The minimum atomic E-state index is -0.201. The van der Waals surface area contributed by atoms with Gasteiger partial charge in [-0.05, 0) is 85.7 Å². The Balaban J connectivity index is 1.39. The second-order valence-electron chi connectivity index (χ2n) is 11.6. The molecular weight excluding hydrogens is 489 g/mol. The first-order valence-electron chi connectivity index (χ1n) is 14.2. The molecule has 3 aromatic rings. The van der Waals surface area contributed by atoms with Gasteiger partial charge in [-0.1, -0.05) is 43.3 Å². The van der Waals surface area contributed by atoms with Gasteiger partial charge < -0.3 is 10.0 Å². The minimum Gasteiger partial charge on any atom is -0.508 e. The van der Waals surface area contributed by atoms with Crippen molar-refractivity contribution in [1.82, 2.24) is 14.7 Å². The fourth-order valence-electron chi connectivity index (χ4n) is 6.31. The second-order valence-corrected chi connectivity index (χ2v) is 11.6. The van der Waals surface area contributed by atoms with Crippen molar-refractivity contribution < 1.29 is 14.3 Å². The molecule has 2 saturated heterocycles. The number of rotatable bonds is 6. The van der Waals surface area contributed by atoms with Gasteiger partial charge in [0.1, 0.15) is 11.6 Å². The molecule has 0 radical (unpaired) electrons. The van der Waals surface area contributed by atoms with Gasteiger partial charge in [-0.15, -0.1) is 0 Å². The summed E-state index contributed by atoms with van der Waals surface area (Å²) in [6.07, 6.45) is 2.24. The standard InChI is InChI=1S/C33H40FN3O2/c1-23-7-6-16-35(19-23)33(39)28-14-12-27(13-15-28)32(29-9-5-11-31(38)18-29)37-21-24(2)36(20-25(37)3)22-26-8-4-10-30(34)17-26/h4-5,8-15,17-18,23-25,32,38H,6-7,16,19-22H2,1-3H3/t23?,24-,25+,32?/m1/s1. The second kappa shape index (κ2) is 11.9. The third-order valence-corrected chi connectivity index (χ3v) is 8.37. The molecule has 206 valence electrons. The Morgan fingerprint density at radius 3 is 2.41 bits per heavy atom. The Bertz CT molecular complexity index is 1280. The normalized spacial score (nSPS) is 23.5. The summed E-state index contributed by atoms with van der Waals surface area (Å²) in [6.45, 7) is 10.7. The van der Waals surface area contributed by atoms with Crippen LogP contribution in [0.2, 0.25) is 0 Å². The number of carbonyl (C=O) groups excluding carboxylic acids is 1. The number of nitrogens with zero attached hydrogens (tertiary/aromatic N) is 3. The highest BCUT2D eigenvalue weighted by atomic mass is 19.1. The number of halogens is 1. The Morgan fingerprint density at radius 2 is 1.69 bits per heavy atom. The molecule has 2 aliphatic heterocycles. The Hall–Kier alpha value is -3.22. The van der Waals surface area contributed by atoms with E-state index in [1.807, 2.05) is 35.2 Å². The molecule has 5 rings (SSSR count). The van der Waals surface area contributed by atoms with Crippen LogP contribution in [0.5, 0.6) is 5.75 Å². The van der Waals surface area contributed by atoms with Crippen LogP contribution < -0.4 is 0 Å². The summed E-state index contributed by atoms with van der Waals surface area (Å²) >= 11 is 0.